The molecule has 0 aliphatic carbocycles. The van der Waals surface area contributed by atoms with E-state index in [9.17, 15) is 9.59 Å². The molecule has 1 amide bonds. The minimum Gasteiger partial charge on any atom is -0.394 e. The van der Waals surface area contributed by atoms with Crippen molar-refractivity contribution in [2.75, 3.05) is 6.61 Å². The predicted octanol–water partition coefficient (Wildman–Crippen LogP) is -0.857. The van der Waals surface area contributed by atoms with Crippen LogP contribution in [0, 0.1) is 0 Å². The smallest absolute Gasteiger partial charge is 0.237 e. The standard InChI is InChI=1S/C12H15N2O3/c13-11(6-9-4-2-1-3-5-9)12(17)14-10(7-15)8-16/h1-5,10-11,15H,6-7,13H2,(H,14,17)/t10-,11-/m0/s1. The third-order valence-electron chi connectivity index (χ3n) is 2.28. The van der Waals surface area contributed by atoms with Gasteiger partial charge in [0.15, 0.2) is 0 Å². The molecule has 0 fully saturated rings. The first-order valence-electron chi connectivity index (χ1n) is 5.25. The zero-order valence-electron chi connectivity index (χ0n) is 9.30. The van der Waals surface area contributed by atoms with Crippen molar-refractivity contribution in [1.29, 1.82) is 0 Å². The summed E-state index contributed by atoms with van der Waals surface area (Å²) in [6.07, 6.45) is 1.89. The molecule has 4 N–H and O–H groups in total. The Morgan fingerprint density at radius 1 is 1.41 bits per heavy atom. The fourth-order valence-corrected chi connectivity index (χ4v) is 1.35. The molecule has 5 nitrogen and oxygen atoms in total. The zero-order valence-corrected chi connectivity index (χ0v) is 9.30. The maximum absolute atomic E-state index is 11.5. The molecular weight excluding hydrogens is 220 g/mol. The van der Waals surface area contributed by atoms with Gasteiger partial charge in [-0.05, 0) is 12.0 Å². The number of nitrogens with one attached hydrogen (secondary N) is 1. The van der Waals surface area contributed by atoms with E-state index in [2.05, 4.69) is 5.32 Å². The minimum absolute atomic E-state index is 0.379. The molecule has 0 aliphatic heterocycles. The van der Waals surface area contributed by atoms with Gasteiger partial charge in [-0.15, -0.1) is 0 Å². The van der Waals surface area contributed by atoms with Crippen molar-refractivity contribution in [3.63, 3.8) is 0 Å². The lowest BCUT2D eigenvalue weighted by molar-refractivity contribution is -0.122. The van der Waals surface area contributed by atoms with Crippen LogP contribution in [-0.2, 0) is 16.0 Å². The van der Waals surface area contributed by atoms with Crippen molar-refractivity contribution in [2.45, 2.75) is 18.5 Å². The van der Waals surface area contributed by atoms with Crippen LogP contribution in [0.2, 0.25) is 0 Å². The van der Waals surface area contributed by atoms with E-state index >= 15 is 0 Å². The number of aliphatic hydroxyl groups is 1. The topological polar surface area (TPSA) is 92.4 Å². The van der Waals surface area contributed by atoms with Gasteiger partial charge in [0.25, 0.3) is 0 Å². The highest BCUT2D eigenvalue weighted by Gasteiger charge is 2.17. The average Bonchev–Trinajstić information content (AvgIpc) is 2.36. The highest BCUT2D eigenvalue weighted by atomic mass is 16.3. The molecule has 1 aromatic carbocycles. The first kappa shape index (κ1) is 13.3. The number of amides is 1. The van der Waals surface area contributed by atoms with Crippen molar-refractivity contribution in [3.8, 4) is 0 Å². The molecule has 0 aromatic heterocycles. The Hall–Kier alpha value is -1.72. The number of nitrogens with two attached hydrogens (primary N) is 1. The van der Waals surface area contributed by atoms with Crippen LogP contribution in [0.3, 0.4) is 0 Å². The summed E-state index contributed by atoms with van der Waals surface area (Å²) in [7, 11) is 0. The van der Waals surface area contributed by atoms with Gasteiger partial charge in [0.2, 0.25) is 12.2 Å². The van der Waals surface area contributed by atoms with Crippen LogP contribution in [-0.4, -0.2) is 36.0 Å². The minimum atomic E-state index is -1.01. The molecule has 0 bridgehead atoms. The Kier molecular flexibility index (Phi) is 5.32. The van der Waals surface area contributed by atoms with E-state index in [0.29, 0.717) is 6.42 Å². The fourth-order valence-electron chi connectivity index (χ4n) is 1.35. The van der Waals surface area contributed by atoms with E-state index in [0.717, 1.165) is 5.56 Å². The summed E-state index contributed by atoms with van der Waals surface area (Å²) in [6, 6.07) is 7.55. The van der Waals surface area contributed by atoms with Gasteiger partial charge in [0.1, 0.15) is 6.04 Å². The van der Waals surface area contributed by atoms with E-state index in [1.807, 2.05) is 30.3 Å². The molecule has 1 aromatic rings. The van der Waals surface area contributed by atoms with E-state index in [1.54, 1.807) is 0 Å². The largest absolute Gasteiger partial charge is 0.394 e. The maximum Gasteiger partial charge on any atom is 0.237 e. The number of carbonyl (C=O) groups excluding carboxylic acids is 2. The summed E-state index contributed by atoms with van der Waals surface area (Å²) < 4.78 is 0. The summed E-state index contributed by atoms with van der Waals surface area (Å²) in [5.41, 5.74) is 6.62. The quantitative estimate of drug-likeness (QED) is 0.598. The van der Waals surface area contributed by atoms with E-state index in [-0.39, 0.29) is 0 Å². The van der Waals surface area contributed by atoms with Gasteiger partial charge < -0.3 is 16.2 Å². The van der Waals surface area contributed by atoms with Crippen LogP contribution >= 0.6 is 0 Å². The molecule has 1 radical (unpaired) electrons. The molecule has 0 aliphatic rings. The van der Waals surface area contributed by atoms with E-state index in [1.165, 1.54) is 6.29 Å². The lowest BCUT2D eigenvalue weighted by Gasteiger charge is -2.14. The summed E-state index contributed by atoms with van der Waals surface area (Å²) in [5, 5.41) is 11.0. The number of hydrogen-bond donors (Lipinski definition) is 3. The molecule has 0 unspecified atom stereocenters. The lowest BCUT2D eigenvalue weighted by atomic mass is 10.1. The van der Waals surface area contributed by atoms with Gasteiger partial charge >= 0.3 is 0 Å². The fraction of sp³-hybridized carbons (Fsp3) is 0.333. The van der Waals surface area contributed by atoms with Gasteiger partial charge in [-0.1, -0.05) is 30.3 Å². The Balaban J connectivity index is 2.50. The molecule has 0 heterocycles. The SMILES string of the molecule is N[C@@H](Cc1ccccc1)C(=O)N[C@H]([C]=O)CO. The Morgan fingerprint density at radius 2 is 2.06 bits per heavy atom. The molecule has 5 heteroatoms. The van der Waals surface area contributed by atoms with Crippen molar-refractivity contribution in [3.05, 3.63) is 35.9 Å². The van der Waals surface area contributed by atoms with Crippen LogP contribution in [0.5, 0.6) is 0 Å². The molecule has 0 saturated heterocycles. The van der Waals surface area contributed by atoms with E-state index in [4.69, 9.17) is 10.8 Å². The number of benzene rings is 1. The Bertz CT molecular complexity index is 367. The van der Waals surface area contributed by atoms with Gasteiger partial charge in [-0.25, -0.2) is 0 Å². The number of aliphatic hydroxyl groups excluding tert-OH is 1. The average molecular weight is 235 g/mol. The van der Waals surface area contributed by atoms with Crippen LogP contribution in [0.25, 0.3) is 0 Å². The molecule has 91 valence electrons. The van der Waals surface area contributed by atoms with Crippen LogP contribution in [0.15, 0.2) is 30.3 Å². The molecular formula is C12H15N2O3. The second-order valence-corrected chi connectivity index (χ2v) is 3.66. The third-order valence-corrected chi connectivity index (χ3v) is 2.28. The highest BCUT2D eigenvalue weighted by Crippen LogP contribution is 2.01. The van der Waals surface area contributed by atoms with Crippen LogP contribution < -0.4 is 11.1 Å². The molecule has 1 rings (SSSR count). The summed E-state index contributed by atoms with van der Waals surface area (Å²) >= 11 is 0. The summed E-state index contributed by atoms with van der Waals surface area (Å²) in [5.74, 6) is -0.476. The second kappa shape index (κ2) is 6.78. The van der Waals surface area contributed by atoms with Crippen molar-refractivity contribution in [2.24, 2.45) is 5.73 Å². The highest BCUT2D eigenvalue weighted by molar-refractivity contribution is 5.84. The van der Waals surface area contributed by atoms with Gasteiger partial charge in [-0.3, -0.25) is 9.59 Å². The Morgan fingerprint density at radius 3 is 2.59 bits per heavy atom. The van der Waals surface area contributed by atoms with Crippen molar-refractivity contribution < 1.29 is 14.7 Å². The number of rotatable bonds is 6. The lowest BCUT2D eigenvalue weighted by Crippen LogP contribution is -2.48. The first-order chi connectivity index (χ1) is 8.17. The number of carbonyl (C=O) groups is 1. The van der Waals surface area contributed by atoms with Crippen molar-refractivity contribution >= 4 is 12.2 Å². The predicted molar refractivity (Wildman–Crippen MR) is 62.8 cm³/mol. The Labute approximate surface area is 99.6 Å². The molecule has 0 saturated carbocycles. The van der Waals surface area contributed by atoms with Crippen molar-refractivity contribution in [1.82, 2.24) is 5.32 Å². The van der Waals surface area contributed by atoms with Crippen LogP contribution in [0.1, 0.15) is 5.56 Å². The van der Waals surface area contributed by atoms with Gasteiger partial charge in [0.05, 0.1) is 12.6 Å². The monoisotopic (exact) mass is 235 g/mol. The first-order valence-corrected chi connectivity index (χ1v) is 5.25. The summed E-state index contributed by atoms with van der Waals surface area (Å²) in [6.45, 7) is -0.479. The second-order valence-electron chi connectivity index (χ2n) is 3.66. The third kappa shape index (κ3) is 4.34. The van der Waals surface area contributed by atoms with Gasteiger partial charge in [0, 0.05) is 0 Å². The van der Waals surface area contributed by atoms with Gasteiger partial charge in [-0.2, -0.15) is 0 Å². The van der Waals surface area contributed by atoms with Crippen LogP contribution in [0.4, 0.5) is 0 Å². The summed E-state index contributed by atoms with van der Waals surface area (Å²) in [4.78, 5) is 21.9. The maximum atomic E-state index is 11.5. The zero-order chi connectivity index (χ0) is 12.7. The normalized spacial score (nSPS) is 13.8. The molecule has 0 spiro atoms. The van der Waals surface area contributed by atoms with E-state index < -0.39 is 24.6 Å². The molecule has 2 atom stereocenters. The molecule has 17 heavy (non-hydrogen) atoms. The number of hydrogen-bond acceptors (Lipinski definition) is 4.